The van der Waals surface area contributed by atoms with Crippen LogP contribution in [0.15, 0.2) is 66.3 Å². The molecule has 0 aromatic heterocycles. The van der Waals surface area contributed by atoms with Crippen molar-refractivity contribution < 1.29 is 31.9 Å². The third-order valence-electron chi connectivity index (χ3n) is 4.29. The number of benzene rings is 2. The first-order valence-corrected chi connectivity index (χ1v) is 8.18. The Kier molecular flexibility index (Phi) is 12.1. The number of rotatable bonds is 6. The van der Waals surface area contributed by atoms with Crippen LogP contribution >= 0.6 is 24.8 Å². The average Bonchev–Trinajstić information content (AvgIpc) is 3.03. The molecule has 0 saturated heterocycles. The minimum absolute atomic E-state index is 0. The molecule has 0 saturated carbocycles. The van der Waals surface area contributed by atoms with Gasteiger partial charge in [-0.25, -0.2) is 4.89 Å². The standard InChI is InChI=1S/C21H23NO2.2ClH.Ti/c1-22(2)14-16-9-7-13-18(16)20-11-5-6-12-21(20)19-10-4-3-8-17(19)15-24-23;;;/h3-12,23H,13-15H2,1-2H3;2*1H;. The molecule has 0 aliphatic heterocycles. The van der Waals surface area contributed by atoms with Crippen molar-refractivity contribution >= 4 is 30.4 Å². The molecular weight excluding hydrogens is 417 g/mol. The van der Waals surface area contributed by atoms with Gasteiger partial charge >= 0.3 is 0 Å². The molecule has 144 valence electrons. The number of hydrogen-bond acceptors (Lipinski definition) is 3. The SMILES string of the molecule is CN(C)CC1=C(c2ccccc2-c2ccccc2COO)CC=C1.Cl.Cl.[Ti]. The van der Waals surface area contributed by atoms with Crippen molar-refractivity contribution in [2.45, 2.75) is 13.0 Å². The van der Waals surface area contributed by atoms with Gasteiger partial charge < -0.3 is 4.90 Å². The summed E-state index contributed by atoms with van der Waals surface area (Å²) in [5, 5.41) is 8.89. The summed E-state index contributed by atoms with van der Waals surface area (Å²) in [7, 11) is 4.19. The van der Waals surface area contributed by atoms with E-state index in [1.54, 1.807) is 0 Å². The third kappa shape index (κ3) is 6.30. The molecule has 0 heterocycles. The van der Waals surface area contributed by atoms with Crippen molar-refractivity contribution in [1.82, 2.24) is 4.90 Å². The van der Waals surface area contributed by atoms with Gasteiger partial charge in [0.1, 0.15) is 6.61 Å². The summed E-state index contributed by atoms with van der Waals surface area (Å²) < 4.78 is 0. The molecule has 6 heteroatoms. The van der Waals surface area contributed by atoms with E-state index in [1.807, 2.05) is 18.2 Å². The monoisotopic (exact) mass is 441 g/mol. The van der Waals surface area contributed by atoms with Gasteiger partial charge in [0.05, 0.1) is 0 Å². The van der Waals surface area contributed by atoms with E-state index >= 15 is 0 Å². The van der Waals surface area contributed by atoms with Gasteiger partial charge in [-0.15, -0.1) is 24.8 Å². The zero-order valence-corrected chi connectivity index (χ0v) is 18.7. The van der Waals surface area contributed by atoms with Crippen molar-refractivity contribution in [2.75, 3.05) is 20.6 Å². The van der Waals surface area contributed by atoms with E-state index in [9.17, 15) is 0 Å². The summed E-state index contributed by atoms with van der Waals surface area (Å²) in [6.07, 6.45) is 5.42. The van der Waals surface area contributed by atoms with Gasteiger partial charge in [-0.05, 0) is 53.9 Å². The van der Waals surface area contributed by atoms with E-state index in [2.05, 4.69) is 66.4 Å². The summed E-state index contributed by atoms with van der Waals surface area (Å²) in [5.74, 6) is 0. The van der Waals surface area contributed by atoms with Crippen LogP contribution in [0.3, 0.4) is 0 Å². The Labute approximate surface area is 188 Å². The minimum atomic E-state index is 0. The molecule has 0 fully saturated rings. The molecule has 0 spiro atoms. The van der Waals surface area contributed by atoms with Crippen LogP contribution in [0.2, 0.25) is 0 Å². The van der Waals surface area contributed by atoms with Gasteiger partial charge in [0.25, 0.3) is 0 Å². The molecule has 27 heavy (non-hydrogen) atoms. The fraction of sp³-hybridized carbons (Fsp3) is 0.238. The van der Waals surface area contributed by atoms with Crippen molar-refractivity contribution in [2.24, 2.45) is 0 Å². The molecule has 1 N–H and O–H groups in total. The molecule has 0 unspecified atom stereocenters. The number of halogens is 2. The fourth-order valence-electron chi connectivity index (χ4n) is 3.28. The molecule has 1 aliphatic carbocycles. The van der Waals surface area contributed by atoms with Crippen LogP contribution in [0, 0.1) is 0 Å². The second kappa shape index (κ2) is 12.5. The largest absolute Gasteiger partial charge is 0.305 e. The van der Waals surface area contributed by atoms with Crippen molar-refractivity contribution in [3.8, 4) is 11.1 Å². The number of nitrogens with zero attached hydrogens (tertiary/aromatic N) is 1. The van der Waals surface area contributed by atoms with Gasteiger partial charge in [0.15, 0.2) is 0 Å². The Morgan fingerprint density at radius 2 is 1.52 bits per heavy atom. The first-order chi connectivity index (χ1) is 11.7. The van der Waals surface area contributed by atoms with Crippen LogP contribution in [0.4, 0.5) is 0 Å². The van der Waals surface area contributed by atoms with Gasteiger partial charge in [-0.1, -0.05) is 60.7 Å². The number of allylic oxidation sites excluding steroid dienone is 2. The van der Waals surface area contributed by atoms with Crippen LogP contribution in [0.25, 0.3) is 16.7 Å². The molecule has 1 aliphatic rings. The van der Waals surface area contributed by atoms with Crippen molar-refractivity contribution in [3.05, 3.63) is 77.4 Å². The Bertz CT molecular complexity index is 791. The minimum Gasteiger partial charge on any atom is -0.305 e. The van der Waals surface area contributed by atoms with Gasteiger partial charge in [-0.2, -0.15) is 0 Å². The average molecular weight is 442 g/mol. The smallest absolute Gasteiger partial charge is 0.108 e. The number of likely N-dealkylation sites (N-methyl/N-ethyl adjacent to an activating group) is 1. The first kappa shape index (κ1) is 26.1. The summed E-state index contributed by atoms with van der Waals surface area (Å²) in [6.45, 7) is 1.12. The normalized spacial score (nSPS) is 12.4. The molecule has 0 amide bonds. The summed E-state index contributed by atoms with van der Waals surface area (Å²) in [6, 6.07) is 16.5. The number of hydrogen-bond donors (Lipinski definition) is 1. The molecule has 2 aromatic rings. The first-order valence-electron chi connectivity index (χ1n) is 8.18. The quantitative estimate of drug-likeness (QED) is 0.367. The maximum absolute atomic E-state index is 8.89. The van der Waals surface area contributed by atoms with Crippen molar-refractivity contribution in [3.63, 3.8) is 0 Å². The van der Waals surface area contributed by atoms with Crippen LogP contribution in [0.1, 0.15) is 17.5 Å². The molecule has 0 radical (unpaired) electrons. The van der Waals surface area contributed by atoms with Crippen LogP contribution < -0.4 is 0 Å². The summed E-state index contributed by atoms with van der Waals surface area (Å²) in [5.41, 5.74) is 7.26. The van der Waals surface area contributed by atoms with Crippen LogP contribution in [-0.4, -0.2) is 30.8 Å². The Balaban J connectivity index is 0.00000225. The van der Waals surface area contributed by atoms with E-state index in [0.717, 1.165) is 24.1 Å². The topological polar surface area (TPSA) is 32.7 Å². The summed E-state index contributed by atoms with van der Waals surface area (Å²) >= 11 is 0. The van der Waals surface area contributed by atoms with Crippen molar-refractivity contribution in [1.29, 1.82) is 0 Å². The van der Waals surface area contributed by atoms with E-state index < -0.39 is 0 Å². The molecule has 3 nitrogen and oxygen atoms in total. The zero-order chi connectivity index (χ0) is 16.9. The van der Waals surface area contributed by atoms with Crippen LogP contribution in [-0.2, 0) is 33.2 Å². The molecule has 3 rings (SSSR count). The molecule has 0 bridgehead atoms. The second-order valence-electron chi connectivity index (χ2n) is 6.32. The van der Waals surface area contributed by atoms with Gasteiger partial charge in [0.2, 0.25) is 0 Å². The Hall–Kier alpha value is -0.906. The Morgan fingerprint density at radius 1 is 0.926 bits per heavy atom. The predicted molar refractivity (Wildman–Crippen MR) is 113 cm³/mol. The maximum Gasteiger partial charge on any atom is 0.108 e. The molecule has 0 atom stereocenters. The van der Waals surface area contributed by atoms with E-state index in [4.69, 9.17) is 5.26 Å². The molecular formula is C21H25Cl2NO2Ti. The predicted octanol–water partition coefficient (Wildman–Crippen LogP) is 5.46. The summed E-state index contributed by atoms with van der Waals surface area (Å²) in [4.78, 5) is 6.59. The van der Waals surface area contributed by atoms with E-state index in [0.29, 0.717) is 0 Å². The van der Waals surface area contributed by atoms with Gasteiger partial charge in [0, 0.05) is 28.3 Å². The van der Waals surface area contributed by atoms with Crippen LogP contribution in [0.5, 0.6) is 0 Å². The molecule has 2 aromatic carbocycles. The fourth-order valence-corrected chi connectivity index (χ4v) is 3.28. The Morgan fingerprint density at radius 3 is 2.15 bits per heavy atom. The maximum atomic E-state index is 8.89. The second-order valence-corrected chi connectivity index (χ2v) is 6.32. The van der Waals surface area contributed by atoms with E-state index in [1.165, 1.54) is 22.3 Å². The zero-order valence-electron chi connectivity index (χ0n) is 15.5. The third-order valence-corrected chi connectivity index (χ3v) is 4.29. The van der Waals surface area contributed by atoms with Gasteiger partial charge in [-0.3, -0.25) is 5.26 Å². The van der Waals surface area contributed by atoms with E-state index in [-0.39, 0.29) is 53.1 Å².